The Hall–Kier alpha value is -1.45. The van der Waals surface area contributed by atoms with E-state index in [0.717, 1.165) is 0 Å². The van der Waals surface area contributed by atoms with Gasteiger partial charge in [0.05, 0.1) is 6.04 Å². The summed E-state index contributed by atoms with van der Waals surface area (Å²) in [7, 11) is -1.59. The van der Waals surface area contributed by atoms with Crippen molar-refractivity contribution in [2.24, 2.45) is 5.73 Å². The zero-order valence-electron chi connectivity index (χ0n) is 10.1. The van der Waals surface area contributed by atoms with Gasteiger partial charge in [-0.15, -0.1) is 0 Å². The van der Waals surface area contributed by atoms with E-state index in [0.29, 0.717) is 0 Å². The van der Waals surface area contributed by atoms with Crippen LogP contribution in [0.3, 0.4) is 0 Å². The zero-order chi connectivity index (χ0) is 12.0. The quantitative estimate of drug-likeness (QED) is 0.704. The Morgan fingerprint density at radius 2 is 1.76 bits per heavy atom. The van der Waals surface area contributed by atoms with Gasteiger partial charge in [0.1, 0.15) is 8.07 Å². The molecule has 3 heteroatoms. The van der Waals surface area contributed by atoms with Crippen molar-refractivity contribution in [2.45, 2.75) is 19.1 Å². The highest BCUT2D eigenvalue weighted by Gasteiger charge is 2.37. The van der Waals surface area contributed by atoms with E-state index >= 15 is 0 Å². The smallest absolute Gasteiger partial charge is 0.113 e. The maximum absolute atomic E-state index is 6.36. The van der Waals surface area contributed by atoms with Crippen LogP contribution in [-0.4, -0.2) is 13.1 Å². The molecular weight excluding hydrogens is 224 g/mol. The molecule has 1 aliphatic rings. The van der Waals surface area contributed by atoms with Crippen LogP contribution in [0.15, 0.2) is 42.7 Å². The molecule has 1 unspecified atom stereocenters. The second kappa shape index (κ2) is 3.52. The Kier molecular flexibility index (Phi) is 2.21. The fraction of sp³-hybridized carbons (Fsp3) is 0.214. The van der Waals surface area contributed by atoms with Crippen LogP contribution >= 0.6 is 0 Å². The van der Waals surface area contributed by atoms with E-state index in [9.17, 15) is 0 Å². The van der Waals surface area contributed by atoms with Gasteiger partial charge in [0.15, 0.2) is 0 Å². The van der Waals surface area contributed by atoms with Crippen molar-refractivity contribution >= 4 is 18.4 Å². The predicted molar refractivity (Wildman–Crippen MR) is 73.5 cm³/mol. The van der Waals surface area contributed by atoms with Crippen molar-refractivity contribution < 1.29 is 0 Å². The van der Waals surface area contributed by atoms with Crippen LogP contribution in [0.2, 0.25) is 13.1 Å². The number of benzene rings is 1. The second-order valence-electron chi connectivity index (χ2n) is 5.15. The van der Waals surface area contributed by atoms with E-state index in [1.807, 2.05) is 12.4 Å². The predicted octanol–water partition coefficient (Wildman–Crippen LogP) is 1.27. The number of aromatic nitrogens is 1. The number of nitrogens with zero attached hydrogens (tertiary/aromatic N) is 1. The van der Waals surface area contributed by atoms with Crippen LogP contribution in [0, 0.1) is 0 Å². The van der Waals surface area contributed by atoms with Crippen molar-refractivity contribution in [2.75, 3.05) is 0 Å². The molecule has 1 aromatic heterocycles. The lowest BCUT2D eigenvalue weighted by Gasteiger charge is -2.36. The number of rotatable bonds is 0. The highest BCUT2D eigenvalue weighted by atomic mass is 28.3. The lowest BCUT2D eigenvalue weighted by atomic mass is 10.0. The molecule has 17 heavy (non-hydrogen) atoms. The first-order chi connectivity index (χ1) is 8.12. The van der Waals surface area contributed by atoms with Gasteiger partial charge in [0.2, 0.25) is 0 Å². The van der Waals surface area contributed by atoms with Gasteiger partial charge in [0, 0.05) is 12.4 Å². The van der Waals surface area contributed by atoms with Crippen molar-refractivity contribution in [1.29, 1.82) is 0 Å². The molecule has 1 aliphatic heterocycles. The van der Waals surface area contributed by atoms with Crippen LogP contribution in [0.4, 0.5) is 0 Å². The third kappa shape index (κ3) is 1.39. The maximum Gasteiger partial charge on any atom is 0.113 e. The average Bonchev–Trinajstić information content (AvgIpc) is 2.37. The number of hydrogen-bond acceptors (Lipinski definition) is 2. The molecule has 0 spiro atoms. The number of fused-ring (bicyclic) bond motifs is 2. The average molecular weight is 240 g/mol. The minimum Gasteiger partial charge on any atom is -0.320 e. The van der Waals surface area contributed by atoms with E-state index in [1.165, 1.54) is 21.5 Å². The summed E-state index contributed by atoms with van der Waals surface area (Å²) in [5.41, 5.74) is 8.85. The van der Waals surface area contributed by atoms with E-state index in [1.54, 1.807) is 0 Å². The molecule has 0 saturated carbocycles. The molecule has 0 fully saturated rings. The summed E-state index contributed by atoms with van der Waals surface area (Å²) >= 11 is 0. The molecule has 2 nitrogen and oxygen atoms in total. The SMILES string of the molecule is C[Si]1(C)c2ccccc2C(N)c2cnccc21. The normalized spacial score (nSPS) is 20.5. The van der Waals surface area contributed by atoms with Gasteiger partial charge < -0.3 is 5.73 Å². The molecule has 0 saturated heterocycles. The van der Waals surface area contributed by atoms with E-state index < -0.39 is 8.07 Å². The molecule has 2 N–H and O–H groups in total. The van der Waals surface area contributed by atoms with E-state index in [2.05, 4.69) is 48.4 Å². The number of nitrogens with two attached hydrogens (primary N) is 1. The van der Waals surface area contributed by atoms with Gasteiger partial charge in [-0.3, -0.25) is 4.98 Å². The highest BCUT2D eigenvalue weighted by molar-refractivity contribution is 7.01. The minimum absolute atomic E-state index is 0.0181. The van der Waals surface area contributed by atoms with Crippen molar-refractivity contribution in [3.8, 4) is 0 Å². The van der Waals surface area contributed by atoms with Crippen molar-refractivity contribution in [3.05, 3.63) is 53.9 Å². The molecule has 2 heterocycles. The molecule has 0 bridgehead atoms. The Morgan fingerprint density at radius 1 is 1.06 bits per heavy atom. The van der Waals surface area contributed by atoms with Crippen LogP contribution in [0.5, 0.6) is 0 Å². The fourth-order valence-electron chi connectivity index (χ4n) is 2.87. The van der Waals surface area contributed by atoms with Crippen molar-refractivity contribution in [1.82, 2.24) is 4.98 Å². The van der Waals surface area contributed by atoms with Gasteiger partial charge in [-0.25, -0.2) is 0 Å². The molecular formula is C14H16N2Si. The highest BCUT2D eigenvalue weighted by Crippen LogP contribution is 2.25. The van der Waals surface area contributed by atoms with Gasteiger partial charge in [-0.05, 0) is 27.6 Å². The molecule has 0 amide bonds. The zero-order valence-corrected chi connectivity index (χ0v) is 11.1. The van der Waals surface area contributed by atoms with Gasteiger partial charge in [0.25, 0.3) is 0 Å². The standard InChI is InChI=1S/C14H16N2Si/c1-17(2)12-6-4-3-5-10(12)14(15)11-9-16-8-7-13(11)17/h3-9,14H,15H2,1-2H3. The Balaban J connectivity index is 2.34. The summed E-state index contributed by atoms with van der Waals surface area (Å²) < 4.78 is 0. The van der Waals surface area contributed by atoms with Gasteiger partial charge in [-0.2, -0.15) is 0 Å². The second-order valence-corrected chi connectivity index (χ2v) is 9.48. The van der Waals surface area contributed by atoms with Crippen molar-refractivity contribution in [3.63, 3.8) is 0 Å². The van der Waals surface area contributed by atoms with Crippen LogP contribution in [0.1, 0.15) is 17.2 Å². The lowest BCUT2D eigenvalue weighted by molar-refractivity contribution is 0.868. The van der Waals surface area contributed by atoms with Crippen LogP contribution in [0.25, 0.3) is 0 Å². The third-order valence-corrected chi connectivity index (χ3v) is 7.43. The van der Waals surface area contributed by atoms with E-state index in [4.69, 9.17) is 5.73 Å². The van der Waals surface area contributed by atoms with Gasteiger partial charge >= 0.3 is 0 Å². The third-order valence-electron chi connectivity index (χ3n) is 3.83. The van der Waals surface area contributed by atoms with E-state index in [-0.39, 0.29) is 6.04 Å². The molecule has 2 aromatic rings. The van der Waals surface area contributed by atoms with Gasteiger partial charge in [-0.1, -0.05) is 37.4 Å². The Labute approximate surface area is 103 Å². The summed E-state index contributed by atoms with van der Waals surface area (Å²) in [6.45, 7) is 4.77. The molecule has 1 aromatic carbocycles. The number of pyridine rings is 1. The minimum atomic E-state index is -1.59. The summed E-state index contributed by atoms with van der Waals surface area (Å²) in [5.74, 6) is 0. The first kappa shape index (κ1) is 10.7. The summed E-state index contributed by atoms with van der Waals surface area (Å²) in [6, 6.07) is 10.7. The van der Waals surface area contributed by atoms with Crippen LogP contribution in [-0.2, 0) is 0 Å². The molecule has 0 aliphatic carbocycles. The molecule has 0 radical (unpaired) electrons. The van der Waals surface area contributed by atoms with Crippen LogP contribution < -0.4 is 16.1 Å². The summed E-state index contributed by atoms with van der Waals surface area (Å²) in [4.78, 5) is 4.23. The molecule has 1 atom stereocenters. The first-order valence-corrected chi connectivity index (χ1v) is 8.92. The largest absolute Gasteiger partial charge is 0.320 e. The Morgan fingerprint density at radius 3 is 2.59 bits per heavy atom. The summed E-state index contributed by atoms with van der Waals surface area (Å²) in [6.07, 6.45) is 3.82. The first-order valence-electron chi connectivity index (χ1n) is 5.92. The fourth-order valence-corrected chi connectivity index (χ4v) is 6.07. The monoisotopic (exact) mass is 240 g/mol. The molecule has 86 valence electrons. The topological polar surface area (TPSA) is 38.9 Å². The summed E-state index contributed by atoms with van der Waals surface area (Å²) in [5, 5.41) is 2.89. The molecule has 3 rings (SSSR count). The maximum atomic E-state index is 6.36. The number of hydrogen-bond donors (Lipinski definition) is 1. The Bertz CT molecular complexity index is 528. The lowest BCUT2D eigenvalue weighted by Crippen LogP contribution is -2.60.